The first-order chi connectivity index (χ1) is 10.0. The fourth-order valence-corrected chi connectivity index (χ4v) is 3.12. The van der Waals surface area contributed by atoms with Crippen LogP contribution in [0.2, 0.25) is 0 Å². The fraction of sp³-hybridized carbons (Fsp3) is 0.800. The Hall–Kier alpha value is -1.43. The first-order valence-electron chi connectivity index (χ1n) is 7.84. The van der Waals surface area contributed by atoms with E-state index < -0.39 is 17.4 Å². The van der Waals surface area contributed by atoms with Gasteiger partial charge in [0.25, 0.3) is 0 Å². The Morgan fingerprint density at radius 3 is 2.52 bits per heavy atom. The normalized spacial score (nSPS) is 25.9. The topological polar surface area (TPSA) is 75.7 Å². The smallest absolute Gasteiger partial charge is 0.330 e. The van der Waals surface area contributed by atoms with Crippen molar-refractivity contribution in [3.63, 3.8) is 0 Å². The van der Waals surface area contributed by atoms with Crippen LogP contribution in [0.5, 0.6) is 0 Å². The minimum atomic E-state index is -1.10. The number of barbiturate groups is 1. The molecule has 2 aliphatic heterocycles. The zero-order chi connectivity index (χ0) is 15.5. The maximum Gasteiger partial charge on any atom is 0.330 e. The molecule has 0 bridgehead atoms. The van der Waals surface area contributed by atoms with Gasteiger partial charge in [-0.15, -0.1) is 0 Å². The van der Waals surface area contributed by atoms with Crippen LogP contribution < -0.4 is 5.32 Å². The minimum Gasteiger partial charge on any atom is -0.378 e. The Labute approximate surface area is 125 Å². The van der Waals surface area contributed by atoms with Gasteiger partial charge in [0.15, 0.2) is 0 Å². The number of urea groups is 1. The van der Waals surface area contributed by atoms with E-state index in [1.807, 2.05) is 0 Å². The lowest BCUT2D eigenvalue weighted by Gasteiger charge is -2.38. The highest BCUT2D eigenvalue weighted by Gasteiger charge is 2.51. The van der Waals surface area contributed by atoms with Crippen LogP contribution >= 0.6 is 0 Å². The van der Waals surface area contributed by atoms with Crippen molar-refractivity contribution in [2.45, 2.75) is 58.5 Å². The van der Waals surface area contributed by atoms with E-state index in [0.29, 0.717) is 25.8 Å². The maximum atomic E-state index is 12.6. The van der Waals surface area contributed by atoms with Gasteiger partial charge in [0, 0.05) is 13.2 Å². The van der Waals surface area contributed by atoms with E-state index in [0.717, 1.165) is 25.9 Å². The third kappa shape index (κ3) is 2.95. The Balaban J connectivity index is 2.05. The van der Waals surface area contributed by atoms with Gasteiger partial charge in [-0.2, -0.15) is 0 Å². The fourth-order valence-electron chi connectivity index (χ4n) is 3.12. The number of hydrogen-bond acceptors (Lipinski definition) is 4. The first kappa shape index (κ1) is 15.9. The number of imide groups is 2. The highest BCUT2D eigenvalue weighted by Crippen LogP contribution is 2.32. The second kappa shape index (κ2) is 6.56. The van der Waals surface area contributed by atoms with Crippen LogP contribution in [0.4, 0.5) is 4.79 Å². The molecule has 2 saturated heterocycles. The van der Waals surface area contributed by atoms with Crippen LogP contribution in [0.15, 0.2) is 0 Å². The van der Waals surface area contributed by atoms with E-state index in [4.69, 9.17) is 4.74 Å². The molecule has 118 valence electrons. The van der Waals surface area contributed by atoms with Gasteiger partial charge in [-0.05, 0) is 38.5 Å². The molecule has 0 saturated carbocycles. The SMILES string of the molecule is CCC1(CC)C(=O)NC(=O)N(CCC2CCCCO2)C1=O. The monoisotopic (exact) mass is 296 g/mol. The van der Waals surface area contributed by atoms with Gasteiger partial charge in [-0.3, -0.25) is 19.8 Å². The van der Waals surface area contributed by atoms with E-state index in [9.17, 15) is 14.4 Å². The molecule has 1 unspecified atom stereocenters. The molecule has 2 heterocycles. The standard InChI is InChI=1S/C15H24N2O4/c1-3-15(4-2)12(18)16-14(20)17(13(15)19)9-8-11-7-5-6-10-21-11/h11H,3-10H2,1-2H3,(H,16,18,20). The average molecular weight is 296 g/mol. The van der Waals surface area contributed by atoms with Crippen molar-refractivity contribution < 1.29 is 19.1 Å². The summed E-state index contributed by atoms with van der Waals surface area (Å²) in [5.74, 6) is -0.829. The second-order valence-corrected chi connectivity index (χ2v) is 5.78. The molecule has 6 heteroatoms. The minimum absolute atomic E-state index is 0.106. The molecule has 0 aliphatic carbocycles. The molecule has 1 atom stereocenters. The van der Waals surface area contributed by atoms with Crippen molar-refractivity contribution in [2.24, 2.45) is 5.41 Å². The van der Waals surface area contributed by atoms with E-state index in [2.05, 4.69) is 5.32 Å². The molecule has 0 aromatic rings. The molecule has 2 aliphatic rings. The van der Waals surface area contributed by atoms with Gasteiger partial charge in [-0.1, -0.05) is 13.8 Å². The van der Waals surface area contributed by atoms with Crippen LogP contribution in [-0.4, -0.2) is 42.0 Å². The lowest BCUT2D eigenvalue weighted by Crippen LogP contribution is -2.63. The summed E-state index contributed by atoms with van der Waals surface area (Å²) in [6.45, 7) is 4.67. The second-order valence-electron chi connectivity index (χ2n) is 5.78. The van der Waals surface area contributed by atoms with Crippen LogP contribution in [0.3, 0.4) is 0 Å². The maximum absolute atomic E-state index is 12.6. The van der Waals surface area contributed by atoms with Gasteiger partial charge in [0.2, 0.25) is 11.8 Å². The molecule has 2 rings (SSSR count). The van der Waals surface area contributed by atoms with Gasteiger partial charge in [0.05, 0.1) is 6.10 Å². The van der Waals surface area contributed by atoms with Gasteiger partial charge < -0.3 is 4.74 Å². The summed E-state index contributed by atoms with van der Waals surface area (Å²) in [5.41, 5.74) is -1.10. The molecule has 1 N–H and O–H groups in total. The molecule has 21 heavy (non-hydrogen) atoms. The number of nitrogens with zero attached hydrogens (tertiary/aromatic N) is 1. The molecule has 0 radical (unpaired) electrons. The van der Waals surface area contributed by atoms with Crippen LogP contribution in [0, 0.1) is 5.41 Å². The third-order valence-corrected chi connectivity index (χ3v) is 4.71. The van der Waals surface area contributed by atoms with Crippen LogP contribution in [-0.2, 0) is 14.3 Å². The van der Waals surface area contributed by atoms with E-state index in [-0.39, 0.29) is 12.0 Å². The molecule has 0 spiro atoms. The summed E-state index contributed by atoms with van der Waals surface area (Å²) in [7, 11) is 0. The number of amides is 4. The van der Waals surface area contributed by atoms with Crippen LogP contribution in [0.25, 0.3) is 0 Å². The van der Waals surface area contributed by atoms with Crippen molar-refractivity contribution in [2.75, 3.05) is 13.2 Å². The molecular weight excluding hydrogens is 272 g/mol. The zero-order valence-electron chi connectivity index (χ0n) is 12.8. The van der Waals surface area contributed by atoms with Gasteiger partial charge in [-0.25, -0.2) is 4.79 Å². The third-order valence-electron chi connectivity index (χ3n) is 4.71. The van der Waals surface area contributed by atoms with Gasteiger partial charge in [0.1, 0.15) is 5.41 Å². The Morgan fingerprint density at radius 1 is 1.24 bits per heavy atom. The largest absolute Gasteiger partial charge is 0.378 e. The molecule has 2 fully saturated rings. The predicted octanol–water partition coefficient (Wildman–Crippen LogP) is 1.83. The molecule has 4 amide bonds. The molecule has 6 nitrogen and oxygen atoms in total. The highest BCUT2D eigenvalue weighted by molar-refractivity contribution is 6.19. The molecular formula is C15H24N2O4. The highest BCUT2D eigenvalue weighted by atomic mass is 16.5. The number of nitrogens with one attached hydrogen (secondary N) is 1. The summed E-state index contributed by atoms with van der Waals surface area (Å²) < 4.78 is 5.63. The summed E-state index contributed by atoms with van der Waals surface area (Å²) in [4.78, 5) is 37.8. The number of carbonyl (C=O) groups is 3. The molecule has 0 aromatic heterocycles. The van der Waals surface area contributed by atoms with Crippen molar-refractivity contribution >= 4 is 17.8 Å². The zero-order valence-corrected chi connectivity index (χ0v) is 12.8. The Bertz CT molecular complexity index is 425. The summed E-state index contributed by atoms with van der Waals surface area (Å²) in [6.07, 6.45) is 4.71. The Morgan fingerprint density at radius 2 is 1.95 bits per heavy atom. The predicted molar refractivity (Wildman–Crippen MR) is 76.5 cm³/mol. The summed E-state index contributed by atoms with van der Waals surface area (Å²) in [6, 6.07) is -0.599. The van der Waals surface area contributed by atoms with Crippen molar-refractivity contribution in [1.82, 2.24) is 10.2 Å². The van der Waals surface area contributed by atoms with Gasteiger partial charge >= 0.3 is 6.03 Å². The van der Waals surface area contributed by atoms with Crippen molar-refractivity contribution in [3.05, 3.63) is 0 Å². The van der Waals surface area contributed by atoms with E-state index in [1.165, 1.54) is 4.90 Å². The van der Waals surface area contributed by atoms with Crippen molar-refractivity contribution in [1.29, 1.82) is 0 Å². The number of hydrogen-bond donors (Lipinski definition) is 1. The lowest BCUT2D eigenvalue weighted by molar-refractivity contribution is -0.152. The number of ether oxygens (including phenoxy) is 1. The molecule has 0 aromatic carbocycles. The first-order valence-corrected chi connectivity index (χ1v) is 7.84. The summed E-state index contributed by atoms with van der Waals surface area (Å²) in [5, 5.41) is 2.33. The lowest BCUT2D eigenvalue weighted by atomic mass is 9.78. The summed E-state index contributed by atoms with van der Waals surface area (Å²) >= 11 is 0. The average Bonchev–Trinajstić information content (AvgIpc) is 2.49. The quantitative estimate of drug-likeness (QED) is 0.785. The number of rotatable bonds is 5. The van der Waals surface area contributed by atoms with Crippen molar-refractivity contribution in [3.8, 4) is 0 Å². The van der Waals surface area contributed by atoms with Crippen LogP contribution in [0.1, 0.15) is 52.4 Å². The number of carbonyl (C=O) groups excluding carboxylic acids is 3. The Kier molecular flexibility index (Phi) is 4.98. The van der Waals surface area contributed by atoms with E-state index >= 15 is 0 Å². The van der Waals surface area contributed by atoms with E-state index in [1.54, 1.807) is 13.8 Å².